The fourth-order valence-corrected chi connectivity index (χ4v) is 2.24. The number of benzene rings is 1. The molecule has 1 aromatic rings. The zero-order valence-electron chi connectivity index (χ0n) is 10.4. The van der Waals surface area contributed by atoms with Gasteiger partial charge in [-0.3, -0.25) is 9.59 Å². The first-order valence-electron chi connectivity index (χ1n) is 5.20. The monoisotopic (exact) mass is 219 g/mol. The lowest BCUT2D eigenvalue weighted by Gasteiger charge is -2.17. The largest absolute Gasteiger partial charge is 0.366 e. The molecule has 3 heteroatoms. The van der Waals surface area contributed by atoms with Crippen LogP contribution in [0.3, 0.4) is 0 Å². The lowest BCUT2D eigenvalue weighted by atomic mass is 9.87. The summed E-state index contributed by atoms with van der Waals surface area (Å²) in [5, 5.41) is 0. The third-order valence-corrected chi connectivity index (χ3v) is 3.22. The molecule has 1 rings (SSSR count). The highest BCUT2D eigenvalue weighted by Crippen LogP contribution is 2.26. The summed E-state index contributed by atoms with van der Waals surface area (Å²) in [5.41, 5.74) is 9.92. The van der Waals surface area contributed by atoms with Crippen molar-refractivity contribution in [2.45, 2.75) is 34.6 Å². The van der Waals surface area contributed by atoms with Crippen LogP contribution in [0.5, 0.6) is 0 Å². The van der Waals surface area contributed by atoms with Gasteiger partial charge in [0.05, 0.1) is 0 Å². The number of primary amides is 1. The third-order valence-electron chi connectivity index (χ3n) is 3.22. The minimum atomic E-state index is -0.472. The summed E-state index contributed by atoms with van der Waals surface area (Å²) >= 11 is 0. The van der Waals surface area contributed by atoms with Crippen LogP contribution in [0.4, 0.5) is 0 Å². The normalized spacial score (nSPS) is 10.3. The van der Waals surface area contributed by atoms with Crippen molar-refractivity contribution in [3.05, 3.63) is 33.4 Å². The minimum Gasteiger partial charge on any atom is -0.366 e. The van der Waals surface area contributed by atoms with Gasteiger partial charge in [0.25, 0.3) is 0 Å². The molecule has 0 aliphatic heterocycles. The molecule has 0 bridgehead atoms. The molecule has 0 radical (unpaired) electrons. The second-order valence-corrected chi connectivity index (χ2v) is 4.17. The number of Topliss-reactive ketones (excluding diaryl/α,β-unsaturated/α-hetero) is 1. The molecule has 0 aromatic heterocycles. The summed E-state index contributed by atoms with van der Waals surface area (Å²) in [6, 6.07) is 0. The second kappa shape index (κ2) is 4.08. The summed E-state index contributed by atoms with van der Waals surface area (Å²) in [7, 11) is 0. The van der Waals surface area contributed by atoms with Gasteiger partial charge in [-0.25, -0.2) is 0 Å². The highest BCUT2D eigenvalue weighted by molar-refractivity contribution is 6.03. The number of nitrogens with two attached hydrogens (primary N) is 1. The van der Waals surface area contributed by atoms with Crippen molar-refractivity contribution >= 4 is 11.7 Å². The van der Waals surface area contributed by atoms with Crippen LogP contribution in [-0.2, 0) is 0 Å². The molecule has 2 N–H and O–H groups in total. The van der Waals surface area contributed by atoms with E-state index in [-0.39, 0.29) is 5.78 Å². The zero-order valence-corrected chi connectivity index (χ0v) is 10.4. The Hall–Kier alpha value is -1.64. The first-order valence-corrected chi connectivity index (χ1v) is 5.20. The topological polar surface area (TPSA) is 60.2 Å². The van der Waals surface area contributed by atoms with Crippen molar-refractivity contribution in [2.75, 3.05) is 0 Å². The highest BCUT2D eigenvalue weighted by atomic mass is 16.1. The molecule has 86 valence electrons. The molecule has 0 aliphatic rings. The van der Waals surface area contributed by atoms with Gasteiger partial charge in [0.1, 0.15) is 0 Å². The lowest BCUT2D eigenvalue weighted by molar-refractivity contribution is 0.0999. The maximum atomic E-state index is 11.6. The van der Waals surface area contributed by atoms with Gasteiger partial charge in [-0.15, -0.1) is 0 Å². The van der Waals surface area contributed by atoms with E-state index in [9.17, 15) is 9.59 Å². The van der Waals surface area contributed by atoms with Crippen LogP contribution >= 0.6 is 0 Å². The Morgan fingerprint density at radius 1 is 0.812 bits per heavy atom. The Labute approximate surface area is 95.6 Å². The van der Waals surface area contributed by atoms with Crippen LogP contribution in [-0.4, -0.2) is 11.7 Å². The summed E-state index contributed by atoms with van der Waals surface area (Å²) < 4.78 is 0. The number of carbonyl (C=O) groups excluding carboxylic acids is 2. The molecule has 0 unspecified atom stereocenters. The number of rotatable bonds is 2. The Balaban J connectivity index is 3.80. The average molecular weight is 219 g/mol. The summed E-state index contributed by atoms with van der Waals surface area (Å²) in [6.07, 6.45) is 0. The van der Waals surface area contributed by atoms with Crippen LogP contribution in [0.2, 0.25) is 0 Å². The van der Waals surface area contributed by atoms with Crippen molar-refractivity contribution in [1.29, 1.82) is 0 Å². The van der Waals surface area contributed by atoms with Gasteiger partial charge in [-0.05, 0) is 56.9 Å². The second-order valence-electron chi connectivity index (χ2n) is 4.17. The van der Waals surface area contributed by atoms with Crippen molar-refractivity contribution < 1.29 is 9.59 Å². The molecule has 0 heterocycles. The van der Waals surface area contributed by atoms with Crippen LogP contribution in [0.15, 0.2) is 0 Å². The maximum absolute atomic E-state index is 11.6. The molecule has 0 saturated heterocycles. The molecule has 1 amide bonds. The Kier molecular flexibility index (Phi) is 3.17. The molecule has 1 aromatic carbocycles. The number of hydrogen-bond acceptors (Lipinski definition) is 2. The van der Waals surface area contributed by atoms with Crippen molar-refractivity contribution in [2.24, 2.45) is 5.73 Å². The van der Waals surface area contributed by atoms with Gasteiger partial charge in [0.15, 0.2) is 5.78 Å². The Bertz CT molecular complexity index is 446. The van der Waals surface area contributed by atoms with Crippen molar-refractivity contribution in [3.63, 3.8) is 0 Å². The first-order chi connectivity index (χ1) is 7.29. The Morgan fingerprint density at radius 2 is 1.25 bits per heavy atom. The number of hydrogen-bond donors (Lipinski definition) is 1. The average Bonchev–Trinajstić information content (AvgIpc) is 2.13. The Morgan fingerprint density at radius 3 is 1.62 bits per heavy atom. The number of amides is 1. The molecule has 16 heavy (non-hydrogen) atoms. The molecule has 3 nitrogen and oxygen atoms in total. The fraction of sp³-hybridized carbons (Fsp3) is 0.385. The van der Waals surface area contributed by atoms with Crippen LogP contribution in [0.25, 0.3) is 0 Å². The molecule has 0 spiro atoms. The third kappa shape index (κ3) is 1.73. The van der Waals surface area contributed by atoms with Gasteiger partial charge in [0, 0.05) is 11.1 Å². The van der Waals surface area contributed by atoms with E-state index < -0.39 is 5.91 Å². The molecule has 0 atom stereocenters. The maximum Gasteiger partial charge on any atom is 0.249 e. The van der Waals surface area contributed by atoms with Gasteiger partial charge in [0.2, 0.25) is 5.91 Å². The van der Waals surface area contributed by atoms with E-state index in [4.69, 9.17) is 5.73 Å². The van der Waals surface area contributed by atoms with E-state index in [1.165, 1.54) is 6.92 Å². The summed E-state index contributed by atoms with van der Waals surface area (Å²) in [6.45, 7) is 8.95. The zero-order chi connectivity index (χ0) is 12.6. The van der Waals surface area contributed by atoms with Crippen molar-refractivity contribution in [3.8, 4) is 0 Å². The predicted octanol–water partition coefficient (Wildman–Crippen LogP) is 2.22. The summed E-state index contributed by atoms with van der Waals surface area (Å²) in [5.74, 6) is -0.499. The van der Waals surface area contributed by atoms with E-state index >= 15 is 0 Å². The standard InChI is InChI=1S/C13H17NO2/c1-6-7(2)11(10(5)15)9(4)12(8(6)3)13(14)16/h1-5H3,(H2,14,16). The fourth-order valence-electron chi connectivity index (χ4n) is 2.24. The van der Waals surface area contributed by atoms with Crippen LogP contribution in [0.1, 0.15) is 49.9 Å². The first kappa shape index (κ1) is 12.4. The predicted molar refractivity (Wildman–Crippen MR) is 63.9 cm³/mol. The molecule has 0 fully saturated rings. The minimum absolute atomic E-state index is 0.0272. The highest BCUT2D eigenvalue weighted by Gasteiger charge is 2.19. The quantitative estimate of drug-likeness (QED) is 0.775. The SMILES string of the molecule is CC(=O)c1c(C)c(C)c(C)c(C(N)=O)c1C. The molecule has 0 saturated carbocycles. The van der Waals surface area contributed by atoms with Gasteiger partial charge >= 0.3 is 0 Å². The molecular formula is C13H17NO2. The van der Waals surface area contributed by atoms with E-state index in [2.05, 4.69) is 0 Å². The molecular weight excluding hydrogens is 202 g/mol. The number of carbonyl (C=O) groups is 2. The van der Waals surface area contributed by atoms with Crippen molar-refractivity contribution in [1.82, 2.24) is 0 Å². The van der Waals surface area contributed by atoms with Crippen LogP contribution < -0.4 is 5.73 Å². The molecule has 0 aliphatic carbocycles. The number of ketones is 1. The summed E-state index contributed by atoms with van der Waals surface area (Å²) in [4.78, 5) is 23.0. The lowest BCUT2D eigenvalue weighted by Crippen LogP contribution is -2.18. The van der Waals surface area contributed by atoms with Gasteiger partial charge < -0.3 is 5.73 Å². The van der Waals surface area contributed by atoms with Crippen LogP contribution in [0, 0.1) is 27.7 Å². The van der Waals surface area contributed by atoms with Gasteiger partial charge in [-0.1, -0.05) is 0 Å². The van der Waals surface area contributed by atoms with E-state index in [0.717, 1.165) is 16.7 Å². The van der Waals surface area contributed by atoms with E-state index in [1.807, 2.05) is 20.8 Å². The smallest absolute Gasteiger partial charge is 0.249 e. The van der Waals surface area contributed by atoms with Gasteiger partial charge in [-0.2, -0.15) is 0 Å². The van der Waals surface area contributed by atoms with E-state index in [1.54, 1.807) is 6.92 Å². The van der Waals surface area contributed by atoms with E-state index in [0.29, 0.717) is 16.7 Å².